The standard InChI is InChI=1S/C17H21NO2/c1-3-12-20-17-7-5-4-6-16(17)18-13(2)14-8-10-15(19)11-9-14/h4-11,13,18-19H,3,12H2,1-2H3. The SMILES string of the molecule is CCCOc1ccccc1NC(C)c1ccc(O)cc1. The summed E-state index contributed by atoms with van der Waals surface area (Å²) in [6, 6.07) is 15.3. The van der Waals surface area contributed by atoms with Gasteiger partial charge in [0.25, 0.3) is 0 Å². The highest BCUT2D eigenvalue weighted by Crippen LogP contribution is 2.28. The molecule has 2 N–H and O–H groups in total. The fraction of sp³-hybridized carbons (Fsp3) is 0.294. The van der Waals surface area contributed by atoms with Crippen LogP contribution in [0.25, 0.3) is 0 Å². The predicted octanol–water partition coefficient (Wildman–Crippen LogP) is 4.35. The highest BCUT2D eigenvalue weighted by atomic mass is 16.5. The molecule has 2 aromatic rings. The van der Waals surface area contributed by atoms with Crippen molar-refractivity contribution in [2.45, 2.75) is 26.3 Å². The highest BCUT2D eigenvalue weighted by molar-refractivity contribution is 5.57. The van der Waals surface area contributed by atoms with Gasteiger partial charge in [-0.2, -0.15) is 0 Å². The lowest BCUT2D eigenvalue weighted by Crippen LogP contribution is -2.08. The predicted molar refractivity (Wildman–Crippen MR) is 82.4 cm³/mol. The lowest BCUT2D eigenvalue weighted by molar-refractivity contribution is 0.318. The summed E-state index contributed by atoms with van der Waals surface area (Å²) in [7, 11) is 0. The molecule has 0 aliphatic carbocycles. The second-order valence-electron chi connectivity index (χ2n) is 4.80. The molecule has 3 nitrogen and oxygen atoms in total. The summed E-state index contributed by atoms with van der Waals surface area (Å²) in [5.41, 5.74) is 2.11. The van der Waals surface area contributed by atoms with Crippen molar-refractivity contribution in [2.24, 2.45) is 0 Å². The summed E-state index contributed by atoms with van der Waals surface area (Å²) < 4.78 is 5.74. The van der Waals surface area contributed by atoms with E-state index in [4.69, 9.17) is 4.74 Å². The van der Waals surface area contributed by atoms with Gasteiger partial charge in [0.05, 0.1) is 12.3 Å². The molecule has 0 saturated carbocycles. The van der Waals surface area contributed by atoms with Crippen LogP contribution in [0.3, 0.4) is 0 Å². The molecular formula is C17H21NO2. The maximum atomic E-state index is 9.33. The van der Waals surface area contributed by atoms with Gasteiger partial charge < -0.3 is 15.2 Å². The number of phenolic OH excluding ortho intramolecular Hbond substituents is 1. The lowest BCUT2D eigenvalue weighted by atomic mass is 10.1. The fourth-order valence-corrected chi connectivity index (χ4v) is 2.00. The monoisotopic (exact) mass is 271 g/mol. The lowest BCUT2D eigenvalue weighted by Gasteiger charge is -2.18. The van der Waals surface area contributed by atoms with Crippen LogP contribution in [0.5, 0.6) is 11.5 Å². The third-order valence-electron chi connectivity index (χ3n) is 3.11. The van der Waals surface area contributed by atoms with E-state index in [-0.39, 0.29) is 11.8 Å². The van der Waals surface area contributed by atoms with Crippen molar-refractivity contribution in [3.8, 4) is 11.5 Å². The Hall–Kier alpha value is -2.16. The van der Waals surface area contributed by atoms with E-state index in [1.807, 2.05) is 36.4 Å². The molecule has 3 heteroatoms. The van der Waals surface area contributed by atoms with Crippen molar-refractivity contribution >= 4 is 5.69 Å². The van der Waals surface area contributed by atoms with Crippen molar-refractivity contribution in [3.63, 3.8) is 0 Å². The first-order chi connectivity index (χ1) is 9.70. The number of para-hydroxylation sites is 2. The molecule has 0 amide bonds. The number of benzene rings is 2. The Balaban J connectivity index is 2.10. The molecule has 1 unspecified atom stereocenters. The molecular weight excluding hydrogens is 250 g/mol. The molecule has 1 atom stereocenters. The third-order valence-corrected chi connectivity index (χ3v) is 3.11. The van der Waals surface area contributed by atoms with Gasteiger partial charge in [0.1, 0.15) is 11.5 Å². The molecule has 0 radical (unpaired) electrons. The van der Waals surface area contributed by atoms with Gasteiger partial charge in [0, 0.05) is 6.04 Å². The maximum absolute atomic E-state index is 9.33. The molecule has 2 rings (SSSR count). The van der Waals surface area contributed by atoms with Gasteiger partial charge in [0.2, 0.25) is 0 Å². The zero-order valence-corrected chi connectivity index (χ0v) is 12.0. The minimum atomic E-state index is 0.141. The Bertz CT molecular complexity index is 537. The van der Waals surface area contributed by atoms with Crippen molar-refractivity contribution in [1.29, 1.82) is 0 Å². The molecule has 0 fully saturated rings. The summed E-state index contributed by atoms with van der Waals surface area (Å²) in [5, 5.41) is 12.8. The molecule has 0 heterocycles. The van der Waals surface area contributed by atoms with Crippen LogP contribution in [0.4, 0.5) is 5.69 Å². The van der Waals surface area contributed by atoms with E-state index in [0.29, 0.717) is 6.61 Å². The van der Waals surface area contributed by atoms with Crippen molar-refractivity contribution in [3.05, 3.63) is 54.1 Å². The first kappa shape index (κ1) is 14.3. The van der Waals surface area contributed by atoms with Gasteiger partial charge in [-0.1, -0.05) is 31.2 Å². The zero-order valence-electron chi connectivity index (χ0n) is 12.0. The molecule has 0 aliphatic heterocycles. The maximum Gasteiger partial charge on any atom is 0.142 e. The van der Waals surface area contributed by atoms with E-state index in [1.54, 1.807) is 12.1 Å². The number of nitrogens with one attached hydrogen (secondary N) is 1. The van der Waals surface area contributed by atoms with Crippen LogP contribution in [-0.4, -0.2) is 11.7 Å². The molecule has 106 valence electrons. The van der Waals surface area contributed by atoms with Crippen LogP contribution in [-0.2, 0) is 0 Å². The summed E-state index contributed by atoms with van der Waals surface area (Å²) in [5.74, 6) is 1.16. The van der Waals surface area contributed by atoms with E-state index < -0.39 is 0 Å². The fourth-order valence-electron chi connectivity index (χ4n) is 2.00. The van der Waals surface area contributed by atoms with Gasteiger partial charge in [-0.15, -0.1) is 0 Å². The highest BCUT2D eigenvalue weighted by Gasteiger charge is 2.08. The van der Waals surface area contributed by atoms with Crippen LogP contribution in [0.2, 0.25) is 0 Å². The number of rotatable bonds is 6. The van der Waals surface area contributed by atoms with Crippen LogP contribution in [0.15, 0.2) is 48.5 Å². The average Bonchev–Trinajstić information content (AvgIpc) is 2.47. The number of hydrogen-bond acceptors (Lipinski definition) is 3. The molecule has 0 aliphatic rings. The Labute approximate surface area is 120 Å². The number of anilines is 1. The van der Waals surface area contributed by atoms with Crippen LogP contribution < -0.4 is 10.1 Å². The Morgan fingerprint density at radius 2 is 1.80 bits per heavy atom. The van der Waals surface area contributed by atoms with Gasteiger partial charge in [-0.05, 0) is 43.2 Å². The van der Waals surface area contributed by atoms with E-state index in [0.717, 1.165) is 23.4 Å². The number of phenols is 1. The smallest absolute Gasteiger partial charge is 0.142 e. The topological polar surface area (TPSA) is 41.5 Å². The van der Waals surface area contributed by atoms with Crippen LogP contribution in [0.1, 0.15) is 31.9 Å². The summed E-state index contributed by atoms with van der Waals surface area (Å²) in [6.07, 6.45) is 0.988. The van der Waals surface area contributed by atoms with Crippen LogP contribution in [0, 0.1) is 0 Å². The normalized spacial score (nSPS) is 11.9. The number of hydrogen-bond donors (Lipinski definition) is 2. The minimum Gasteiger partial charge on any atom is -0.508 e. The molecule has 20 heavy (non-hydrogen) atoms. The summed E-state index contributed by atoms with van der Waals surface area (Å²) in [6.45, 7) is 4.89. The zero-order chi connectivity index (χ0) is 14.4. The van der Waals surface area contributed by atoms with E-state index >= 15 is 0 Å². The Morgan fingerprint density at radius 3 is 2.50 bits per heavy atom. The average molecular weight is 271 g/mol. The first-order valence-electron chi connectivity index (χ1n) is 6.98. The molecule has 0 bridgehead atoms. The van der Waals surface area contributed by atoms with Crippen molar-refractivity contribution < 1.29 is 9.84 Å². The molecule has 2 aromatic carbocycles. The minimum absolute atomic E-state index is 0.141. The summed E-state index contributed by atoms with van der Waals surface area (Å²) >= 11 is 0. The molecule has 0 aromatic heterocycles. The second-order valence-corrected chi connectivity index (χ2v) is 4.80. The van der Waals surface area contributed by atoms with Gasteiger partial charge in [0.15, 0.2) is 0 Å². The summed E-state index contributed by atoms with van der Waals surface area (Å²) in [4.78, 5) is 0. The van der Waals surface area contributed by atoms with Crippen molar-refractivity contribution in [2.75, 3.05) is 11.9 Å². The first-order valence-corrected chi connectivity index (χ1v) is 6.98. The largest absolute Gasteiger partial charge is 0.508 e. The number of aromatic hydroxyl groups is 1. The van der Waals surface area contributed by atoms with Crippen molar-refractivity contribution in [1.82, 2.24) is 0 Å². The third kappa shape index (κ3) is 3.67. The molecule has 0 spiro atoms. The second kappa shape index (κ2) is 6.85. The van der Waals surface area contributed by atoms with Gasteiger partial charge in [-0.3, -0.25) is 0 Å². The Morgan fingerprint density at radius 1 is 1.10 bits per heavy atom. The quantitative estimate of drug-likeness (QED) is 0.820. The van der Waals surface area contributed by atoms with Gasteiger partial charge in [-0.25, -0.2) is 0 Å². The molecule has 0 saturated heterocycles. The van der Waals surface area contributed by atoms with E-state index in [9.17, 15) is 5.11 Å². The van der Waals surface area contributed by atoms with Crippen LogP contribution >= 0.6 is 0 Å². The number of ether oxygens (including phenoxy) is 1. The van der Waals surface area contributed by atoms with E-state index in [2.05, 4.69) is 19.2 Å². The Kier molecular flexibility index (Phi) is 4.88. The van der Waals surface area contributed by atoms with Gasteiger partial charge >= 0.3 is 0 Å². The van der Waals surface area contributed by atoms with E-state index in [1.165, 1.54) is 0 Å².